The molecule has 0 aliphatic carbocycles. The Labute approximate surface area is 115 Å². The van der Waals surface area contributed by atoms with Gasteiger partial charge < -0.3 is 5.32 Å². The van der Waals surface area contributed by atoms with Crippen LogP contribution >= 0.6 is 22.9 Å². The Morgan fingerprint density at radius 2 is 2.22 bits per heavy atom. The zero-order chi connectivity index (χ0) is 13.1. The van der Waals surface area contributed by atoms with Crippen molar-refractivity contribution in [2.45, 2.75) is 19.9 Å². The van der Waals surface area contributed by atoms with Gasteiger partial charge in [-0.2, -0.15) is 0 Å². The fourth-order valence-electron chi connectivity index (χ4n) is 1.47. The summed E-state index contributed by atoms with van der Waals surface area (Å²) in [6.07, 6.45) is 0. The Morgan fingerprint density at radius 1 is 1.44 bits per heavy atom. The first-order chi connectivity index (χ1) is 8.56. The first kappa shape index (κ1) is 13.1. The number of aromatic nitrogens is 1. The third kappa shape index (κ3) is 3.09. The monoisotopic (exact) mass is 280 g/mol. The summed E-state index contributed by atoms with van der Waals surface area (Å²) in [5, 5.41) is 6.03. The van der Waals surface area contributed by atoms with Crippen LogP contribution in [0.15, 0.2) is 29.6 Å². The molecule has 0 fully saturated rings. The lowest BCUT2D eigenvalue weighted by atomic mass is 10.2. The largest absolute Gasteiger partial charge is 0.349 e. The SMILES string of the molecule is CC(C)NC(=O)c1csc(-c2cccc(Cl)c2)n1. The number of rotatable bonds is 3. The molecule has 18 heavy (non-hydrogen) atoms. The van der Waals surface area contributed by atoms with Crippen molar-refractivity contribution in [3.63, 3.8) is 0 Å². The number of benzene rings is 1. The summed E-state index contributed by atoms with van der Waals surface area (Å²) < 4.78 is 0. The maximum absolute atomic E-state index is 11.8. The molecule has 2 aromatic rings. The van der Waals surface area contributed by atoms with Gasteiger partial charge in [-0.25, -0.2) is 4.98 Å². The molecular formula is C13H13ClN2OS. The van der Waals surface area contributed by atoms with Crippen LogP contribution in [-0.4, -0.2) is 16.9 Å². The molecule has 5 heteroatoms. The average molecular weight is 281 g/mol. The van der Waals surface area contributed by atoms with Crippen molar-refractivity contribution in [1.82, 2.24) is 10.3 Å². The van der Waals surface area contributed by atoms with Crippen LogP contribution in [0.2, 0.25) is 5.02 Å². The molecule has 0 atom stereocenters. The van der Waals surface area contributed by atoms with Gasteiger partial charge in [0.1, 0.15) is 10.7 Å². The molecule has 1 N–H and O–H groups in total. The summed E-state index contributed by atoms with van der Waals surface area (Å²) in [6, 6.07) is 7.55. The van der Waals surface area contributed by atoms with Gasteiger partial charge >= 0.3 is 0 Å². The Kier molecular flexibility index (Phi) is 3.99. The number of nitrogens with one attached hydrogen (secondary N) is 1. The first-order valence-electron chi connectivity index (χ1n) is 5.58. The number of amides is 1. The molecule has 1 heterocycles. The summed E-state index contributed by atoms with van der Waals surface area (Å²) in [7, 11) is 0. The Morgan fingerprint density at radius 3 is 2.89 bits per heavy atom. The highest BCUT2D eigenvalue weighted by molar-refractivity contribution is 7.13. The fraction of sp³-hybridized carbons (Fsp3) is 0.231. The molecule has 94 valence electrons. The molecule has 1 aromatic heterocycles. The van der Waals surface area contributed by atoms with E-state index in [2.05, 4.69) is 10.3 Å². The van der Waals surface area contributed by atoms with Gasteiger partial charge in [0.15, 0.2) is 0 Å². The second-order valence-corrected chi connectivity index (χ2v) is 5.47. The number of carbonyl (C=O) groups is 1. The van der Waals surface area contributed by atoms with Crippen molar-refractivity contribution < 1.29 is 4.79 Å². The van der Waals surface area contributed by atoms with Crippen molar-refractivity contribution >= 4 is 28.8 Å². The quantitative estimate of drug-likeness (QED) is 0.933. The second kappa shape index (κ2) is 5.50. The van der Waals surface area contributed by atoms with Gasteiger partial charge in [-0.3, -0.25) is 4.79 Å². The molecule has 0 radical (unpaired) electrons. The number of halogens is 1. The highest BCUT2D eigenvalue weighted by Crippen LogP contribution is 2.25. The smallest absolute Gasteiger partial charge is 0.270 e. The lowest BCUT2D eigenvalue weighted by Crippen LogP contribution is -2.30. The minimum atomic E-state index is -0.144. The average Bonchev–Trinajstić information content (AvgIpc) is 2.77. The maximum atomic E-state index is 11.8. The highest BCUT2D eigenvalue weighted by Gasteiger charge is 2.12. The molecule has 2 rings (SSSR count). The van der Waals surface area contributed by atoms with E-state index >= 15 is 0 Å². The molecule has 0 unspecified atom stereocenters. The molecule has 0 aliphatic heterocycles. The summed E-state index contributed by atoms with van der Waals surface area (Å²) >= 11 is 7.37. The van der Waals surface area contributed by atoms with E-state index in [1.165, 1.54) is 11.3 Å². The molecular weight excluding hydrogens is 268 g/mol. The van der Waals surface area contributed by atoms with E-state index in [-0.39, 0.29) is 11.9 Å². The van der Waals surface area contributed by atoms with Gasteiger partial charge in [-0.05, 0) is 26.0 Å². The third-order valence-corrected chi connectivity index (χ3v) is 3.35. The lowest BCUT2D eigenvalue weighted by molar-refractivity contribution is 0.0939. The predicted octanol–water partition coefficient (Wildman–Crippen LogP) is 3.60. The summed E-state index contributed by atoms with van der Waals surface area (Å²) in [5.74, 6) is -0.144. The van der Waals surface area contributed by atoms with E-state index in [0.29, 0.717) is 10.7 Å². The second-order valence-electron chi connectivity index (χ2n) is 4.18. The van der Waals surface area contributed by atoms with Gasteiger partial charge in [0, 0.05) is 22.0 Å². The van der Waals surface area contributed by atoms with Gasteiger partial charge in [0.05, 0.1) is 0 Å². The topological polar surface area (TPSA) is 42.0 Å². The third-order valence-electron chi connectivity index (χ3n) is 2.23. The highest BCUT2D eigenvalue weighted by atomic mass is 35.5. The van der Waals surface area contributed by atoms with E-state index in [1.54, 1.807) is 5.38 Å². The normalized spacial score (nSPS) is 10.7. The van der Waals surface area contributed by atoms with Crippen LogP contribution in [0.5, 0.6) is 0 Å². The van der Waals surface area contributed by atoms with E-state index in [0.717, 1.165) is 10.6 Å². The van der Waals surface area contributed by atoms with E-state index in [1.807, 2.05) is 38.1 Å². The van der Waals surface area contributed by atoms with Gasteiger partial charge in [0.25, 0.3) is 5.91 Å². The molecule has 0 bridgehead atoms. The molecule has 0 aliphatic rings. The Balaban J connectivity index is 2.23. The Hall–Kier alpha value is -1.39. The van der Waals surface area contributed by atoms with Gasteiger partial charge in [-0.15, -0.1) is 11.3 Å². The molecule has 0 saturated heterocycles. The Bertz CT molecular complexity index is 566. The lowest BCUT2D eigenvalue weighted by Gasteiger charge is -2.05. The van der Waals surface area contributed by atoms with Crippen LogP contribution in [0.3, 0.4) is 0 Å². The summed E-state index contributed by atoms with van der Waals surface area (Å²) in [4.78, 5) is 16.1. The fourth-order valence-corrected chi connectivity index (χ4v) is 2.46. The minimum Gasteiger partial charge on any atom is -0.349 e. The van der Waals surface area contributed by atoms with Crippen molar-refractivity contribution in [2.24, 2.45) is 0 Å². The molecule has 1 aromatic carbocycles. The number of hydrogen-bond acceptors (Lipinski definition) is 3. The molecule has 1 amide bonds. The number of thiazole rings is 1. The van der Waals surface area contributed by atoms with E-state index in [4.69, 9.17) is 11.6 Å². The predicted molar refractivity (Wildman–Crippen MR) is 75.2 cm³/mol. The van der Waals surface area contributed by atoms with Gasteiger partial charge in [-0.1, -0.05) is 23.7 Å². The molecule has 0 saturated carbocycles. The van der Waals surface area contributed by atoms with Gasteiger partial charge in [0.2, 0.25) is 0 Å². The zero-order valence-electron chi connectivity index (χ0n) is 10.1. The number of hydrogen-bond donors (Lipinski definition) is 1. The molecule has 0 spiro atoms. The van der Waals surface area contributed by atoms with Crippen molar-refractivity contribution in [1.29, 1.82) is 0 Å². The van der Waals surface area contributed by atoms with Crippen LogP contribution in [0.1, 0.15) is 24.3 Å². The molecule has 3 nitrogen and oxygen atoms in total. The minimum absolute atomic E-state index is 0.105. The van der Waals surface area contributed by atoms with Crippen LogP contribution in [-0.2, 0) is 0 Å². The summed E-state index contributed by atoms with van der Waals surface area (Å²) in [5.41, 5.74) is 1.37. The van der Waals surface area contributed by atoms with Crippen molar-refractivity contribution in [3.05, 3.63) is 40.4 Å². The number of nitrogens with zero attached hydrogens (tertiary/aromatic N) is 1. The van der Waals surface area contributed by atoms with Crippen molar-refractivity contribution in [2.75, 3.05) is 0 Å². The zero-order valence-corrected chi connectivity index (χ0v) is 11.7. The number of carbonyl (C=O) groups excluding carboxylic acids is 1. The van der Waals surface area contributed by atoms with Crippen LogP contribution < -0.4 is 5.32 Å². The maximum Gasteiger partial charge on any atom is 0.270 e. The van der Waals surface area contributed by atoms with E-state index < -0.39 is 0 Å². The summed E-state index contributed by atoms with van der Waals surface area (Å²) in [6.45, 7) is 3.84. The first-order valence-corrected chi connectivity index (χ1v) is 6.84. The standard InChI is InChI=1S/C13H13ClN2OS/c1-8(2)15-12(17)11-7-18-13(16-11)9-4-3-5-10(14)6-9/h3-8H,1-2H3,(H,15,17). The van der Waals surface area contributed by atoms with Crippen molar-refractivity contribution in [3.8, 4) is 10.6 Å². The van der Waals surface area contributed by atoms with Crippen LogP contribution in [0, 0.1) is 0 Å². The van der Waals surface area contributed by atoms with Crippen LogP contribution in [0.25, 0.3) is 10.6 Å². The van der Waals surface area contributed by atoms with E-state index in [9.17, 15) is 4.79 Å². The van der Waals surface area contributed by atoms with Crippen LogP contribution in [0.4, 0.5) is 0 Å².